The molecule has 0 saturated heterocycles. The van der Waals surface area contributed by atoms with Gasteiger partial charge in [0.1, 0.15) is 0 Å². The summed E-state index contributed by atoms with van der Waals surface area (Å²) < 4.78 is 0. The lowest BCUT2D eigenvalue weighted by Gasteiger charge is -2.18. The SMILES string of the molecule is CCCCN(C)CC(=O)Nc1c(CC)cccc1CC. The molecule has 0 unspecified atom stereocenters. The van der Waals surface area contributed by atoms with E-state index >= 15 is 0 Å². The second-order valence-electron chi connectivity index (χ2n) is 5.30. The second-order valence-corrected chi connectivity index (χ2v) is 5.30. The van der Waals surface area contributed by atoms with Gasteiger partial charge < -0.3 is 5.32 Å². The number of para-hydroxylation sites is 1. The molecule has 112 valence electrons. The Morgan fingerprint density at radius 1 is 1.15 bits per heavy atom. The van der Waals surface area contributed by atoms with Crippen molar-refractivity contribution in [1.29, 1.82) is 0 Å². The third-order valence-corrected chi connectivity index (χ3v) is 3.57. The number of hydrogen-bond acceptors (Lipinski definition) is 2. The van der Waals surface area contributed by atoms with E-state index in [-0.39, 0.29) is 5.91 Å². The standard InChI is InChI=1S/C17H28N2O/c1-5-8-12-19(4)13-16(20)18-17-14(6-2)10-9-11-15(17)7-3/h9-11H,5-8,12-13H2,1-4H3,(H,18,20). The van der Waals surface area contributed by atoms with Crippen molar-refractivity contribution in [2.24, 2.45) is 0 Å². The van der Waals surface area contributed by atoms with Gasteiger partial charge in [0.05, 0.1) is 6.54 Å². The number of benzene rings is 1. The fraction of sp³-hybridized carbons (Fsp3) is 0.588. The third kappa shape index (κ3) is 4.97. The first-order chi connectivity index (χ1) is 9.62. The molecule has 1 N–H and O–H groups in total. The number of nitrogens with one attached hydrogen (secondary N) is 1. The minimum absolute atomic E-state index is 0.0826. The van der Waals surface area contributed by atoms with Crippen LogP contribution in [0.2, 0.25) is 0 Å². The molecule has 1 aromatic carbocycles. The molecule has 0 radical (unpaired) electrons. The minimum atomic E-state index is 0.0826. The summed E-state index contributed by atoms with van der Waals surface area (Å²) in [6.07, 6.45) is 4.17. The van der Waals surface area contributed by atoms with Gasteiger partial charge in [-0.3, -0.25) is 9.69 Å². The van der Waals surface area contributed by atoms with Crippen molar-refractivity contribution in [3.8, 4) is 0 Å². The summed E-state index contributed by atoms with van der Waals surface area (Å²) >= 11 is 0. The number of likely N-dealkylation sites (N-methyl/N-ethyl adjacent to an activating group) is 1. The molecule has 0 bridgehead atoms. The van der Waals surface area contributed by atoms with Gasteiger partial charge in [0.15, 0.2) is 0 Å². The van der Waals surface area contributed by atoms with Crippen LogP contribution >= 0.6 is 0 Å². The molecule has 0 aliphatic rings. The number of carbonyl (C=O) groups is 1. The maximum atomic E-state index is 12.2. The predicted molar refractivity (Wildman–Crippen MR) is 86.2 cm³/mol. The van der Waals surface area contributed by atoms with Crippen LogP contribution in [-0.2, 0) is 17.6 Å². The van der Waals surface area contributed by atoms with E-state index in [2.05, 4.69) is 49.2 Å². The van der Waals surface area contributed by atoms with Gasteiger partial charge in [-0.15, -0.1) is 0 Å². The summed E-state index contributed by atoms with van der Waals surface area (Å²) in [5.41, 5.74) is 3.45. The average molecular weight is 276 g/mol. The molecule has 20 heavy (non-hydrogen) atoms. The van der Waals surface area contributed by atoms with Crippen molar-refractivity contribution in [3.05, 3.63) is 29.3 Å². The largest absolute Gasteiger partial charge is 0.324 e. The smallest absolute Gasteiger partial charge is 0.238 e. The van der Waals surface area contributed by atoms with Crippen LogP contribution in [0.1, 0.15) is 44.7 Å². The zero-order chi connectivity index (χ0) is 15.0. The van der Waals surface area contributed by atoms with Gasteiger partial charge in [0.2, 0.25) is 5.91 Å². The van der Waals surface area contributed by atoms with Crippen LogP contribution in [0.4, 0.5) is 5.69 Å². The van der Waals surface area contributed by atoms with Crippen molar-refractivity contribution in [2.75, 3.05) is 25.5 Å². The highest BCUT2D eigenvalue weighted by atomic mass is 16.2. The summed E-state index contributed by atoms with van der Waals surface area (Å²) in [6, 6.07) is 6.26. The Kier molecular flexibility index (Phi) is 7.31. The summed E-state index contributed by atoms with van der Waals surface area (Å²) in [5, 5.41) is 3.11. The van der Waals surface area contributed by atoms with Gasteiger partial charge >= 0.3 is 0 Å². The molecule has 3 heteroatoms. The molecule has 3 nitrogen and oxygen atoms in total. The van der Waals surface area contributed by atoms with Crippen molar-refractivity contribution in [2.45, 2.75) is 46.5 Å². The fourth-order valence-electron chi connectivity index (χ4n) is 2.33. The highest BCUT2D eigenvalue weighted by Crippen LogP contribution is 2.22. The van der Waals surface area contributed by atoms with E-state index in [0.29, 0.717) is 6.54 Å². The number of amides is 1. The highest BCUT2D eigenvalue weighted by Gasteiger charge is 2.11. The van der Waals surface area contributed by atoms with Gasteiger partial charge in [0, 0.05) is 5.69 Å². The van der Waals surface area contributed by atoms with E-state index in [4.69, 9.17) is 0 Å². The molecule has 0 fully saturated rings. The summed E-state index contributed by atoms with van der Waals surface area (Å²) in [4.78, 5) is 14.3. The van der Waals surface area contributed by atoms with Crippen molar-refractivity contribution in [1.82, 2.24) is 4.90 Å². The topological polar surface area (TPSA) is 32.3 Å². The van der Waals surface area contributed by atoms with E-state index in [1.165, 1.54) is 11.1 Å². The Bertz CT molecular complexity index is 407. The van der Waals surface area contributed by atoms with Crippen LogP contribution in [0.5, 0.6) is 0 Å². The van der Waals surface area contributed by atoms with Crippen LogP contribution in [0.15, 0.2) is 18.2 Å². The molecular weight excluding hydrogens is 248 g/mol. The van der Waals surface area contributed by atoms with Crippen molar-refractivity contribution < 1.29 is 4.79 Å². The number of carbonyl (C=O) groups excluding carboxylic acids is 1. The van der Waals surface area contributed by atoms with Crippen LogP contribution < -0.4 is 5.32 Å². The van der Waals surface area contributed by atoms with E-state index in [1.54, 1.807) is 0 Å². The number of hydrogen-bond donors (Lipinski definition) is 1. The fourth-order valence-corrected chi connectivity index (χ4v) is 2.33. The van der Waals surface area contributed by atoms with Crippen molar-refractivity contribution >= 4 is 11.6 Å². The Balaban J connectivity index is 2.70. The van der Waals surface area contributed by atoms with E-state index < -0.39 is 0 Å². The molecule has 0 aliphatic carbocycles. The zero-order valence-corrected chi connectivity index (χ0v) is 13.3. The van der Waals surface area contributed by atoms with Gasteiger partial charge in [-0.25, -0.2) is 0 Å². The Morgan fingerprint density at radius 2 is 1.75 bits per heavy atom. The number of aryl methyl sites for hydroxylation is 2. The monoisotopic (exact) mass is 276 g/mol. The second kappa shape index (κ2) is 8.75. The van der Waals surface area contributed by atoms with Gasteiger partial charge in [-0.2, -0.15) is 0 Å². The molecule has 1 aromatic rings. The summed E-state index contributed by atoms with van der Waals surface area (Å²) in [5.74, 6) is 0.0826. The van der Waals surface area contributed by atoms with E-state index in [0.717, 1.165) is 37.9 Å². The van der Waals surface area contributed by atoms with Crippen LogP contribution in [0.3, 0.4) is 0 Å². The zero-order valence-electron chi connectivity index (χ0n) is 13.3. The quantitative estimate of drug-likeness (QED) is 0.788. The summed E-state index contributed by atoms with van der Waals surface area (Å²) in [6.45, 7) is 7.84. The normalized spacial score (nSPS) is 10.8. The molecule has 0 heterocycles. The summed E-state index contributed by atoms with van der Waals surface area (Å²) in [7, 11) is 2.00. The minimum Gasteiger partial charge on any atom is -0.324 e. The Morgan fingerprint density at radius 3 is 2.25 bits per heavy atom. The maximum absolute atomic E-state index is 12.2. The van der Waals surface area contributed by atoms with Gasteiger partial charge in [-0.1, -0.05) is 45.4 Å². The number of rotatable bonds is 8. The molecule has 1 rings (SSSR count). The number of nitrogens with zero attached hydrogens (tertiary/aromatic N) is 1. The van der Waals surface area contributed by atoms with E-state index in [1.807, 2.05) is 7.05 Å². The Labute approximate surface area is 123 Å². The third-order valence-electron chi connectivity index (χ3n) is 3.57. The van der Waals surface area contributed by atoms with Gasteiger partial charge in [-0.05, 0) is 44.0 Å². The first-order valence-corrected chi connectivity index (χ1v) is 7.71. The van der Waals surface area contributed by atoms with Crippen LogP contribution in [0, 0.1) is 0 Å². The average Bonchev–Trinajstić information content (AvgIpc) is 2.45. The lowest BCUT2D eigenvalue weighted by molar-refractivity contribution is -0.117. The number of unbranched alkanes of at least 4 members (excludes halogenated alkanes) is 1. The highest BCUT2D eigenvalue weighted by molar-refractivity contribution is 5.93. The Hall–Kier alpha value is -1.35. The number of anilines is 1. The van der Waals surface area contributed by atoms with Crippen LogP contribution in [0.25, 0.3) is 0 Å². The van der Waals surface area contributed by atoms with E-state index in [9.17, 15) is 4.79 Å². The lowest BCUT2D eigenvalue weighted by Crippen LogP contribution is -2.31. The molecular formula is C17H28N2O. The maximum Gasteiger partial charge on any atom is 0.238 e. The predicted octanol–water partition coefficient (Wildman–Crippen LogP) is 3.48. The van der Waals surface area contributed by atoms with Crippen molar-refractivity contribution in [3.63, 3.8) is 0 Å². The molecule has 0 spiro atoms. The molecule has 0 saturated carbocycles. The van der Waals surface area contributed by atoms with Crippen LogP contribution in [-0.4, -0.2) is 30.9 Å². The molecule has 1 amide bonds. The first-order valence-electron chi connectivity index (χ1n) is 7.71. The molecule has 0 aliphatic heterocycles. The van der Waals surface area contributed by atoms with Gasteiger partial charge in [0.25, 0.3) is 0 Å². The molecule has 0 aromatic heterocycles. The first kappa shape index (κ1) is 16.7. The molecule has 0 atom stereocenters. The lowest BCUT2D eigenvalue weighted by atomic mass is 10.0.